The Labute approximate surface area is 520 Å². The fraction of sp³-hybridized carbons (Fsp3) is 0.360. The van der Waals surface area contributed by atoms with E-state index in [-0.39, 0.29) is 40.1 Å². The Morgan fingerprint density at radius 3 is 1.13 bits per heavy atom. The zero-order chi connectivity index (χ0) is 66.3. The molecule has 0 radical (unpaired) electrons. The van der Waals surface area contributed by atoms with Crippen LogP contribution < -0.4 is 0 Å². The van der Waals surface area contributed by atoms with Crippen LogP contribution in [0.3, 0.4) is 0 Å². The Hall–Kier alpha value is -8.64. The van der Waals surface area contributed by atoms with Gasteiger partial charge in [0.1, 0.15) is 0 Å². The first-order valence-corrected chi connectivity index (χ1v) is 29.5. The number of hydrogen-bond donors (Lipinski definition) is 0. The van der Waals surface area contributed by atoms with Crippen molar-refractivity contribution in [1.82, 2.24) is 0 Å². The molecule has 6 rings (SSSR count). The number of Topliss-reactive ketones (excluding diaryl/α,β-unsaturated/α-hetero) is 6. The molecule has 0 fully saturated rings. The second kappa shape index (κ2) is 38.4. The van der Waals surface area contributed by atoms with Crippen LogP contribution >= 0.6 is 0 Å². The van der Waals surface area contributed by atoms with E-state index in [2.05, 4.69) is 128 Å². The van der Waals surface area contributed by atoms with E-state index >= 15 is 0 Å². The summed E-state index contributed by atoms with van der Waals surface area (Å²) in [5, 5.41) is 0. The molecule has 462 valence electrons. The average Bonchev–Trinajstić information content (AvgIpc) is 2.30. The second-order valence-corrected chi connectivity index (χ2v) is 22.5. The lowest BCUT2D eigenvalue weighted by Gasteiger charge is -2.21. The van der Waals surface area contributed by atoms with Gasteiger partial charge in [0.25, 0.3) is 0 Å². The SMILES string of the molecule is CC(=O)C(C)=Nc1c(C)cc(C)cc1C.CC(=O)C(C)=Nc1ccccc1.CC(=O)C(C)=Nc1ccccc1C.CC(=O)C(C)=Nc1ccccc1C(C)(C)C.CC(=O)C(C)=Nc1ccccc1C(C)C.CCc1cccc(CC)c1N=C(C)C(C)=O. The van der Waals surface area contributed by atoms with Crippen molar-refractivity contribution < 1.29 is 28.8 Å². The maximum atomic E-state index is 11.2. The Bertz CT molecular complexity index is 3470. The van der Waals surface area contributed by atoms with Crippen molar-refractivity contribution in [2.24, 2.45) is 30.0 Å². The van der Waals surface area contributed by atoms with Gasteiger partial charge in [0.15, 0.2) is 34.7 Å². The number of aliphatic imine (C=N–C) groups is 6. The summed E-state index contributed by atoms with van der Waals surface area (Å²) in [6.45, 7) is 42.7. The van der Waals surface area contributed by atoms with E-state index in [1.165, 1.54) is 49.9 Å². The third kappa shape index (κ3) is 28.4. The lowest BCUT2D eigenvalue weighted by molar-refractivity contribution is -0.111. The molecule has 0 aliphatic carbocycles. The lowest BCUT2D eigenvalue weighted by atomic mass is 9.86. The summed E-state index contributed by atoms with van der Waals surface area (Å²) in [5.74, 6) is 0.548. The van der Waals surface area contributed by atoms with E-state index in [1.807, 2.05) is 112 Å². The Morgan fingerprint density at radius 1 is 0.368 bits per heavy atom. The van der Waals surface area contributed by atoms with Crippen LogP contribution in [0.5, 0.6) is 0 Å². The molecular formula is C75H96N6O6. The molecule has 12 heteroatoms. The molecule has 0 spiro atoms. The summed E-state index contributed by atoms with van der Waals surface area (Å²) < 4.78 is 0. The Kier molecular flexibility index (Phi) is 33.7. The van der Waals surface area contributed by atoms with Crippen molar-refractivity contribution in [2.75, 3.05) is 0 Å². The number of rotatable bonds is 15. The van der Waals surface area contributed by atoms with Crippen molar-refractivity contribution in [3.63, 3.8) is 0 Å². The molecule has 87 heavy (non-hydrogen) atoms. The normalized spacial score (nSPS) is 11.8. The number of benzene rings is 6. The van der Waals surface area contributed by atoms with Gasteiger partial charge in [-0.25, -0.2) is 25.0 Å². The summed E-state index contributed by atoms with van der Waals surface area (Å²) in [6.07, 6.45) is 1.88. The minimum absolute atomic E-state index is 0.0128. The molecule has 0 aliphatic rings. The number of aryl methyl sites for hydroxylation is 6. The zero-order valence-corrected chi connectivity index (χ0v) is 56.3. The molecule has 0 saturated carbocycles. The van der Waals surface area contributed by atoms with Crippen molar-refractivity contribution in [2.45, 2.75) is 183 Å². The highest BCUT2D eigenvalue weighted by atomic mass is 16.1. The molecule has 0 heterocycles. The van der Waals surface area contributed by atoms with Crippen LogP contribution in [0.25, 0.3) is 0 Å². The van der Waals surface area contributed by atoms with Gasteiger partial charge in [0.2, 0.25) is 0 Å². The first-order chi connectivity index (χ1) is 40.7. The van der Waals surface area contributed by atoms with E-state index in [9.17, 15) is 28.8 Å². The van der Waals surface area contributed by atoms with Gasteiger partial charge >= 0.3 is 0 Å². The first-order valence-electron chi connectivity index (χ1n) is 29.5. The summed E-state index contributed by atoms with van der Waals surface area (Å²) in [6, 6.07) is 43.5. The van der Waals surface area contributed by atoms with Crippen LogP contribution in [-0.2, 0) is 47.0 Å². The third-order valence-electron chi connectivity index (χ3n) is 13.5. The maximum Gasteiger partial charge on any atom is 0.173 e. The first kappa shape index (κ1) is 76.4. The molecular weight excluding hydrogens is 1080 g/mol. The Morgan fingerprint density at radius 2 is 0.713 bits per heavy atom. The van der Waals surface area contributed by atoms with Crippen molar-refractivity contribution in [3.8, 4) is 0 Å². The number of nitrogens with zero attached hydrogens (tertiary/aromatic N) is 6. The quantitative estimate of drug-likeness (QED) is 0.0924. The lowest BCUT2D eigenvalue weighted by Crippen LogP contribution is -2.12. The van der Waals surface area contributed by atoms with Crippen molar-refractivity contribution >= 4 is 103 Å². The molecule has 12 nitrogen and oxygen atoms in total. The van der Waals surface area contributed by atoms with E-state index < -0.39 is 0 Å². The monoisotopic (exact) mass is 1180 g/mol. The highest BCUT2D eigenvalue weighted by Gasteiger charge is 2.18. The van der Waals surface area contributed by atoms with Crippen LogP contribution in [-0.4, -0.2) is 69.0 Å². The van der Waals surface area contributed by atoms with Gasteiger partial charge in [0.05, 0.1) is 68.4 Å². The predicted octanol–water partition coefficient (Wildman–Crippen LogP) is 19.0. The third-order valence-corrected chi connectivity index (χ3v) is 13.5. The zero-order valence-electron chi connectivity index (χ0n) is 56.3. The van der Waals surface area contributed by atoms with Gasteiger partial charge in [-0.3, -0.25) is 33.8 Å². The topological polar surface area (TPSA) is 177 Å². The molecule has 6 aromatic carbocycles. The summed E-state index contributed by atoms with van der Waals surface area (Å²) in [4.78, 5) is 92.3. The molecule has 6 aromatic rings. The number of hydrogen-bond acceptors (Lipinski definition) is 12. The van der Waals surface area contributed by atoms with Gasteiger partial charge in [-0.1, -0.05) is 157 Å². The summed E-state index contributed by atoms with van der Waals surface area (Å²) in [5.41, 5.74) is 18.1. The van der Waals surface area contributed by atoms with Crippen LogP contribution in [0, 0.1) is 27.7 Å². The fourth-order valence-electron chi connectivity index (χ4n) is 7.73. The number of carbonyl (C=O) groups is 6. The largest absolute Gasteiger partial charge is 0.293 e. The maximum absolute atomic E-state index is 11.2. The minimum atomic E-state index is 0.0128. The molecule has 0 aromatic heterocycles. The van der Waals surface area contributed by atoms with Gasteiger partial charge in [-0.05, 0) is 163 Å². The molecule has 0 atom stereocenters. The van der Waals surface area contributed by atoms with E-state index in [4.69, 9.17) is 0 Å². The smallest absolute Gasteiger partial charge is 0.173 e. The Balaban J connectivity index is 0.000000523. The second-order valence-electron chi connectivity index (χ2n) is 22.5. The molecule has 0 N–H and O–H groups in total. The highest BCUT2D eigenvalue weighted by molar-refractivity contribution is 6.40. The number of carbonyl (C=O) groups excluding carboxylic acids is 6. The van der Waals surface area contributed by atoms with E-state index in [0.29, 0.717) is 40.2 Å². The van der Waals surface area contributed by atoms with Gasteiger partial charge in [-0.15, -0.1) is 0 Å². The standard InChI is InChI=1S/2C14H19NO.2C13H17NO.C11H13NO.C10H11NO/c1-10(11(2)16)15-13-9-7-6-8-12(13)14(3,4)5;1-5-12-8-7-9-13(6-2)14(12)15-10(3)11(4)16;1-8-6-9(2)13(10(3)7-8)14-11(4)12(5)15;1-9(2)12-7-5-6-8-13(12)14-10(3)11(4)15;1-8-6-4-5-7-11(8)12-9(2)10(3)13;1-8(9(2)12)11-10-6-4-3-5-7-10/h6-9H,1-5H3;7-9H,5-6H2,1-4H3;6-7H,1-5H3;5-9H,1-4H3;4-7H,1-3H3;3-7H,1-2H3. The molecule has 0 aliphatic heterocycles. The van der Waals surface area contributed by atoms with Gasteiger partial charge in [0, 0.05) is 41.5 Å². The van der Waals surface area contributed by atoms with Crippen LogP contribution in [0.4, 0.5) is 34.1 Å². The summed E-state index contributed by atoms with van der Waals surface area (Å²) >= 11 is 0. The molecule has 0 saturated heterocycles. The number of para-hydroxylation sites is 5. The molecule has 0 amide bonds. The van der Waals surface area contributed by atoms with Crippen molar-refractivity contribution in [1.29, 1.82) is 0 Å². The minimum Gasteiger partial charge on any atom is -0.293 e. The van der Waals surface area contributed by atoms with Gasteiger partial charge in [-0.2, -0.15) is 0 Å². The predicted molar refractivity (Wildman–Crippen MR) is 370 cm³/mol. The fourth-order valence-corrected chi connectivity index (χ4v) is 7.73. The van der Waals surface area contributed by atoms with Crippen LogP contribution in [0.15, 0.2) is 163 Å². The summed E-state index contributed by atoms with van der Waals surface area (Å²) in [7, 11) is 0. The molecule has 0 unspecified atom stereocenters. The van der Waals surface area contributed by atoms with Crippen LogP contribution in [0.2, 0.25) is 0 Å². The number of ketones is 6. The van der Waals surface area contributed by atoms with Crippen LogP contribution in [0.1, 0.15) is 182 Å². The van der Waals surface area contributed by atoms with Gasteiger partial charge < -0.3 is 0 Å². The van der Waals surface area contributed by atoms with E-state index in [1.54, 1.807) is 55.4 Å². The average molecular weight is 1180 g/mol. The van der Waals surface area contributed by atoms with Crippen molar-refractivity contribution in [3.05, 3.63) is 178 Å². The van der Waals surface area contributed by atoms with E-state index in [0.717, 1.165) is 69.2 Å². The molecule has 0 bridgehead atoms. The highest BCUT2D eigenvalue weighted by Crippen LogP contribution is 2.32.